The van der Waals surface area contributed by atoms with Gasteiger partial charge in [-0.15, -0.1) is 23.5 Å². The zero-order valence-corrected chi connectivity index (χ0v) is 28.9. The van der Waals surface area contributed by atoms with E-state index in [1.54, 1.807) is 88.4 Å². The summed E-state index contributed by atoms with van der Waals surface area (Å²) in [6, 6.07) is 11.9. The number of nitrogens with two attached hydrogens (primary N) is 2. The quantitative estimate of drug-likeness (QED) is 0.152. The van der Waals surface area contributed by atoms with Crippen LogP contribution in [0.25, 0.3) is 0 Å². The number of thioether (sulfide) groups is 2. The smallest absolute Gasteiger partial charge is 0.333 e. The van der Waals surface area contributed by atoms with Gasteiger partial charge < -0.3 is 41.4 Å². The molecule has 49 heavy (non-hydrogen) atoms. The number of carbonyl (C=O) groups is 6. The van der Waals surface area contributed by atoms with E-state index in [1.807, 2.05) is 0 Å². The van der Waals surface area contributed by atoms with Crippen molar-refractivity contribution >= 4 is 59.1 Å². The largest absolute Gasteiger partial charge is 0.426 e. The molecule has 0 aromatic heterocycles. The molecule has 2 aromatic carbocycles. The number of amides is 4. The first-order valence-corrected chi connectivity index (χ1v) is 17.4. The molecule has 6 rings (SSSR count). The lowest BCUT2D eigenvalue weighted by Gasteiger charge is -2.44. The van der Waals surface area contributed by atoms with Crippen molar-refractivity contribution in [3.05, 3.63) is 71.8 Å². The molecule has 2 aromatic rings. The molecule has 0 saturated carbocycles. The van der Waals surface area contributed by atoms with Gasteiger partial charge in [0.2, 0.25) is 30.4 Å². The van der Waals surface area contributed by atoms with Gasteiger partial charge in [0.1, 0.15) is 47.0 Å². The van der Waals surface area contributed by atoms with Gasteiger partial charge in [0.05, 0.1) is 0 Å². The number of carbonyl (C=O) groups excluding carboxylic acids is 6. The number of fused-ring (bicyclic) bond motifs is 2. The first-order valence-electron chi connectivity index (χ1n) is 15.7. The van der Waals surface area contributed by atoms with Crippen LogP contribution in [0.3, 0.4) is 0 Å². The highest BCUT2D eigenvalue weighted by Gasteiger charge is 2.66. The minimum atomic E-state index is -1.00. The second-order valence-electron chi connectivity index (χ2n) is 13.3. The molecule has 4 heterocycles. The molecular formula is C33H38N6O8S2. The third kappa shape index (κ3) is 6.15. The number of benzene rings is 2. The minimum absolute atomic E-state index is 0.450. The molecule has 0 bridgehead atoms. The van der Waals surface area contributed by atoms with Crippen LogP contribution in [0, 0.1) is 0 Å². The Kier molecular flexibility index (Phi) is 9.19. The van der Waals surface area contributed by atoms with Crippen molar-refractivity contribution in [2.24, 2.45) is 11.5 Å². The van der Waals surface area contributed by atoms with Crippen LogP contribution >= 0.6 is 23.5 Å². The molecule has 4 aliphatic rings. The molecule has 0 spiro atoms. The minimum Gasteiger partial charge on any atom is -0.426 e. The van der Waals surface area contributed by atoms with Gasteiger partial charge in [-0.25, -0.2) is 9.59 Å². The molecule has 0 radical (unpaired) electrons. The second-order valence-corrected chi connectivity index (χ2v) is 16.9. The standard InChI is InChI=1S/C33H38N6O8S2/c1-32(2)22(38-26(42)20(28(38)48-32)36-24(40)18(34)16-11-7-5-8-12-16)30(44)46-15-47-31(45)23-33(3,4)49-29-21(27(43)39(23)29)37-25(41)19(35)17-13-9-6-10-14-17/h5-14,18-23,28-29H,15,34-35H2,1-4H3,(H,36,40)(H,37,41)/t18-,19?,20-,21?,22+,23?,28-,29?/m1/s1. The Morgan fingerprint density at radius 1 is 0.694 bits per heavy atom. The van der Waals surface area contributed by atoms with Crippen molar-refractivity contribution in [1.29, 1.82) is 0 Å². The van der Waals surface area contributed by atoms with E-state index >= 15 is 0 Å². The van der Waals surface area contributed by atoms with Crippen molar-refractivity contribution in [3.8, 4) is 0 Å². The van der Waals surface area contributed by atoms with Crippen LogP contribution in [0.2, 0.25) is 0 Å². The van der Waals surface area contributed by atoms with E-state index < -0.39 is 98.9 Å². The highest BCUT2D eigenvalue weighted by molar-refractivity contribution is 8.02. The van der Waals surface area contributed by atoms with Crippen LogP contribution in [-0.4, -0.2) is 96.6 Å². The summed E-state index contributed by atoms with van der Waals surface area (Å²) in [5.41, 5.74) is 13.4. The van der Waals surface area contributed by atoms with E-state index in [0.29, 0.717) is 11.1 Å². The maximum Gasteiger partial charge on any atom is 0.333 e. The van der Waals surface area contributed by atoms with Gasteiger partial charge >= 0.3 is 11.9 Å². The Hall–Kier alpha value is -4.12. The Morgan fingerprint density at radius 2 is 1.04 bits per heavy atom. The highest BCUT2D eigenvalue weighted by Crippen LogP contribution is 2.52. The van der Waals surface area contributed by atoms with E-state index in [4.69, 9.17) is 20.9 Å². The number of ether oxygens (including phenoxy) is 2. The summed E-state index contributed by atoms with van der Waals surface area (Å²) in [7, 11) is 0. The van der Waals surface area contributed by atoms with Crippen molar-refractivity contribution in [1.82, 2.24) is 20.4 Å². The van der Waals surface area contributed by atoms with Gasteiger partial charge in [0.25, 0.3) is 0 Å². The number of β-lactam (4-membered cyclic amide) rings is 2. The maximum atomic E-state index is 13.3. The molecule has 4 unspecified atom stereocenters. The first-order chi connectivity index (χ1) is 23.1. The fraction of sp³-hybridized carbons (Fsp3) is 0.455. The normalized spacial score (nSPS) is 28.6. The fourth-order valence-corrected chi connectivity index (χ4v) is 9.91. The van der Waals surface area contributed by atoms with Crippen LogP contribution in [0.5, 0.6) is 0 Å². The summed E-state index contributed by atoms with van der Waals surface area (Å²) in [5, 5.41) is 4.39. The number of hydrogen-bond donors (Lipinski definition) is 4. The van der Waals surface area contributed by atoms with Gasteiger partial charge in [0.15, 0.2) is 0 Å². The van der Waals surface area contributed by atoms with E-state index in [9.17, 15) is 28.8 Å². The lowest BCUT2D eigenvalue weighted by molar-refractivity contribution is -0.181. The van der Waals surface area contributed by atoms with Crippen molar-refractivity contribution in [2.45, 2.75) is 84.2 Å². The summed E-state index contributed by atoms with van der Waals surface area (Å²) >= 11 is 2.69. The number of hydrogen-bond acceptors (Lipinski definition) is 12. The van der Waals surface area contributed by atoms with Gasteiger partial charge in [-0.2, -0.15) is 0 Å². The molecule has 8 atom stereocenters. The molecule has 0 aliphatic carbocycles. The number of nitrogens with zero attached hydrogens (tertiary/aromatic N) is 2. The van der Waals surface area contributed by atoms with Gasteiger partial charge in [-0.05, 0) is 38.8 Å². The van der Waals surface area contributed by atoms with Crippen molar-refractivity contribution in [3.63, 3.8) is 0 Å². The topological polar surface area (TPSA) is 203 Å². The van der Waals surface area contributed by atoms with Crippen LogP contribution in [0.4, 0.5) is 0 Å². The molecule has 16 heteroatoms. The molecule has 4 amide bonds. The highest BCUT2D eigenvalue weighted by atomic mass is 32.2. The van der Waals surface area contributed by atoms with Gasteiger partial charge in [-0.3, -0.25) is 19.2 Å². The third-order valence-corrected chi connectivity index (χ3v) is 12.4. The lowest BCUT2D eigenvalue weighted by atomic mass is 9.95. The number of nitrogens with one attached hydrogen (secondary N) is 2. The Bertz CT molecular complexity index is 1560. The second kappa shape index (κ2) is 13.0. The molecular weight excluding hydrogens is 673 g/mol. The van der Waals surface area contributed by atoms with Crippen LogP contribution in [-0.2, 0) is 38.2 Å². The summed E-state index contributed by atoms with van der Waals surface area (Å²) in [4.78, 5) is 81.3. The Morgan fingerprint density at radius 3 is 1.39 bits per heavy atom. The molecule has 4 aliphatic heterocycles. The van der Waals surface area contributed by atoms with Crippen molar-refractivity contribution < 1.29 is 38.2 Å². The zero-order chi connectivity index (χ0) is 35.4. The Labute approximate surface area is 291 Å². The SMILES string of the molecule is CC1(C)SC2C(NC(=O)C(N)c3ccccc3)C(=O)N2C1C(=O)OCOC(=O)[C@@H]1N2C(=O)[C@@H](NC(=O)[C@H](N)c3ccccc3)[C@H]2SC1(C)C. The summed E-state index contributed by atoms with van der Waals surface area (Å²) in [5.74, 6) is -3.48. The average molecular weight is 711 g/mol. The third-order valence-electron chi connectivity index (χ3n) is 9.21. The summed E-state index contributed by atoms with van der Waals surface area (Å²) < 4.78 is 9.12. The monoisotopic (exact) mass is 710 g/mol. The molecule has 4 fully saturated rings. The van der Waals surface area contributed by atoms with Gasteiger partial charge in [0, 0.05) is 9.49 Å². The van der Waals surface area contributed by atoms with Crippen LogP contribution < -0.4 is 22.1 Å². The van der Waals surface area contributed by atoms with E-state index in [1.165, 1.54) is 33.3 Å². The van der Waals surface area contributed by atoms with Crippen molar-refractivity contribution in [2.75, 3.05) is 6.79 Å². The fourth-order valence-electron chi connectivity index (χ4n) is 6.67. The predicted octanol–water partition coefficient (Wildman–Crippen LogP) is 0.525. The summed E-state index contributed by atoms with van der Waals surface area (Å²) in [6.45, 7) is 6.40. The Balaban J connectivity index is 1.02. The van der Waals surface area contributed by atoms with Crippen LogP contribution in [0.1, 0.15) is 50.9 Å². The zero-order valence-electron chi connectivity index (χ0n) is 27.2. The number of rotatable bonds is 10. The van der Waals surface area contributed by atoms with E-state index in [0.717, 1.165) is 0 Å². The van der Waals surface area contributed by atoms with E-state index in [-0.39, 0.29) is 0 Å². The lowest BCUT2D eigenvalue weighted by Crippen LogP contribution is -2.71. The molecule has 6 N–H and O–H groups in total. The number of esters is 2. The first kappa shape index (κ1) is 34.7. The maximum absolute atomic E-state index is 13.3. The molecule has 14 nitrogen and oxygen atoms in total. The van der Waals surface area contributed by atoms with Crippen LogP contribution in [0.15, 0.2) is 60.7 Å². The molecule has 260 valence electrons. The predicted molar refractivity (Wildman–Crippen MR) is 180 cm³/mol. The van der Waals surface area contributed by atoms with Gasteiger partial charge in [-0.1, -0.05) is 60.7 Å². The molecule has 4 saturated heterocycles. The average Bonchev–Trinajstić information content (AvgIpc) is 3.49. The summed E-state index contributed by atoms with van der Waals surface area (Å²) in [6.07, 6.45) is 0. The van der Waals surface area contributed by atoms with E-state index in [2.05, 4.69) is 10.6 Å².